The fourth-order valence-electron chi connectivity index (χ4n) is 1.46. The zero-order valence-corrected chi connectivity index (χ0v) is 11.7. The second-order valence-corrected chi connectivity index (χ2v) is 4.88. The summed E-state index contributed by atoms with van der Waals surface area (Å²) in [6.07, 6.45) is 0.813. The third kappa shape index (κ3) is 2.07. The summed E-state index contributed by atoms with van der Waals surface area (Å²) in [6, 6.07) is 5.67. The van der Waals surface area contributed by atoms with Crippen molar-refractivity contribution in [1.29, 1.82) is 0 Å². The molecule has 0 radical (unpaired) electrons. The van der Waals surface area contributed by atoms with Gasteiger partial charge in [0.25, 0.3) is 0 Å². The molecule has 0 atom stereocenters. The van der Waals surface area contributed by atoms with Crippen LogP contribution in [0.5, 0.6) is 0 Å². The molecule has 0 aliphatic rings. The van der Waals surface area contributed by atoms with Crippen LogP contribution in [0.15, 0.2) is 22.7 Å². The van der Waals surface area contributed by atoms with E-state index in [9.17, 15) is 0 Å². The number of aromatic amines is 1. The Balaban J connectivity index is 2.62. The van der Waals surface area contributed by atoms with Crippen LogP contribution in [0, 0.1) is 4.77 Å². The fraction of sp³-hybridized carbons (Fsp3) is 0.200. The molecular formula is C10H9BrClN3S. The van der Waals surface area contributed by atoms with Gasteiger partial charge in [-0.2, -0.15) is 5.10 Å². The minimum absolute atomic E-state index is 0.589. The molecule has 1 aromatic carbocycles. The molecular weight excluding hydrogens is 310 g/mol. The lowest BCUT2D eigenvalue weighted by molar-refractivity contribution is 0.880. The average molecular weight is 319 g/mol. The molecule has 0 aliphatic heterocycles. The van der Waals surface area contributed by atoms with E-state index in [0.29, 0.717) is 9.79 Å². The van der Waals surface area contributed by atoms with Crippen molar-refractivity contribution in [3.05, 3.63) is 38.3 Å². The predicted octanol–water partition coefficient (Wildman–Crippen LogP) is 3.91. The van der Waals surface area contributed by atoms with Gasteiger partial charge in [0.2, 0.25) is 0 Å². The van der Waals surface area contributed by atoms with Crippen LogP contribution in [0.1, 0.15) is 12.7 Å². The molecule has 3 nitrogen and oxygen atoms in total. The number of hydrogen-bond donors (Lipinski definition) is 1. The van der Waals surface area contributed by atoms with Gasteiger partial charge in [0.05, 0.1) is 10.7 Å². The first-order chi connectivity index (χ1) is 7.63. The molecule has 1 N–H and O–H groups in total. The molecule has 2 rings (SSSR count). The van der Waals surface area contributed by atoms with Crippen molar-refractivity contribution in [2.75, 3.05) is 0 Å². The van der Waals surface area contributed by atoms with Gasteiger partial charge in [0, 0.05) is 10.9 Å². The Morgan fingerprint density at radius 3 is 2.94 bits per heavy atom. The summed E-state index contributed by atoms with van der Waals surface area (Å²) in [6.45, 7) is 2.03. The Morgan fingerprint density at radius 1 is 1.56 bits per heavy atom. The van der Waals surface area contributed by atoms with Crippen LogP contribution in [-0.2, 0) is 6.42 Å². The largest absolute Gasteiger partial charge is 0.272 e. The van der Waals surface area contributed by atoms with Crippen molar-refractivity contribution in [2.45, 2.75) is 13.3 Å². The molecule has 0 amide bonds. The van der Waals surface area contributed by atoms with Gasteiger partial charge in [0.1, 0.15) is 5.82 Å². The Bertz CT molecular complexity index is 576. The fourth-order valence-corrected chi connectivity index (χ4v) is 2.20. The smallest absolute Gasteiger partial charge is 0.199 e. The molecule has 84 valence electrons. The first-order valence-corrected chi connectivity index (χ1v) is 6.33. The number of hydrogen-bond acceptors (Lipinski definition) is 2. The molecule has 16 heavy (non-hydrogen) atoms. The molecule has 0 unspecified atom stereocenters. The Labute approximate surface area is 112 Å². The third-order valence-corrected chi connectivity index (χ3v) is 3.71. The number of H-pyrrole nitrogens is 1. The van der Waals surface area contributed by atoms with E-state index < -0.39 is 0 Å². The molecule has 2 aromatic rings. The van der Waals surface area contributed by atoms with E-state index in [1.54, 1.807) is 0 Å². The number of aromatic nitrogens is 3. The normalized spacial score (nSPS) is 10.7. The van der Waals surface area contributed by atoms with Gasteiger partial charge in [-0.1, -0.05) is 18.5 Å². The number of nitrogens with one attached hydrogen (secondary N) is 1. The number of nitrogens with zero attached hydrogens (tertiary/aromatic N) is 2. The summed E-state index contributed by atoms with van der Waals surface area (Å²) in [5.74, 6) is 0.902. The van der Waals surface area contributed by atoms with Gasteiger partial charge >= 0.3 is 0 Å². The highest BCUT2D eigenvalue weighted by Gasteiger charge is 2.07. The van der Waals surface area contributed by atoms with E-state index in [1.807, 2.05) is 29.7 Å². The topological polar surface area (TPSA) is 33.6 Å². The van der Waals surface area contributed by atoms with Crippen LogP contribution >= 0.6 is 39.7 Å². The number of aryl methyl sites for hydroxylation is 1. The van der Waals surface area contributed by atoms with Crippen molar-refractivity contribution in [1.82, 2.24) is 14.8 Å². The molecule has 0 saturated carbocycles. The van der Waals surface area contributed by atoms with Crippen LogP contribution < -0.4 is 0 Å². The molecule has 1 aromatic heterocycles. The van der Waals surface area contributed by atoms with E-state index >= 15 is 0 Å². The van der Waals surface area contributed by atoms with Gasteiger partial charge in [-0.15, -0.1) is 0 Å². The zero-order valence-electron chi connectivity index (χ0n) is 8.50. The van der Waals surface area contributed by atoms with E-state index in [4.69, 9.17) is 23.8 Å². The van der Waals surface area contributed by atoms with Gasteiger partial charge < -0.3 is 0 Å². The van der Waals surface area contributed by atoms with Crippen LogP contribution in [0.2, 0.25) is 5.02 Å². The lowest BCUT2D eigenvalue weighted by Gasteiger charge is -2.06. The summed E-state index contributed by atoms with van der Waals surface area (Å²) in [5.41, 5.74) is 0.951. The lowest BCUT2D eigenvalue weighted by atomic mass is 10.3. The maximum Gasteiger partial charge on any atom is 0.199 e. The van der Waals surface area contributed by atoms with Crippen LogP contribution in [0.3, 0.4) is 0 Å². The Kier molecular flexibility index (Phi) is 3.47. The Hall–Kier alpha value is -0.650. The van der Waals surface area contributed by atoms with Gasteiger partial charge in [0.15, 0.2) is 4.77 Å². The summed E-state index contributed by atoms with van der Waals surface area (Å²) >= 11 is 14.5. The van der Waals surface area contributed by atoms with E-state index in [-0.39, 0.29) is 0 Å². The first kappa shape index (κ1) is 11.8. The highest BCUT2D eigenvalue weighted by atomic mass is 79.9. The summed E-state index contributed by atoms with van der Waals surface area (Å²) < 4.78 is 3.33. The quantitative estimate of drug-likeness (QED) is 0.852. The Morgan fingerprint density at radius 2 is 2.31 bits per heavy atom. The van der Waals surface area contributed by atoms with Crippen molar-refractivity contribution in [3.63, 3.8) is 0 Å². The second-order valence-electron chi connectivity index (χ2n) is 3.23. The van der Waals surface area contributed by atoms with Crippen molar-refractivity contribution in [2.24, 2.45) is 0 Å². The van der Waals surface area contributed by atoms with E-state index in [1.165, 1.54) is 0 Å². The monoisotopic (exact) mass is 317 g/mol. The standard InChI is InChI=1S/C10H9BrClN3S/c1-2-9-13-14-10(16)15(9)6-3-4-8(12)7(11)5-6/h3-5H,2H2,1H3,(H,14,16). The van der Waals surface area contributed by atoms with Crippen molar-refractivity contribution >= 4 is 39.7 Å². The van der Waals surface area contributed by atoms with Crippen LogP contribution in [0.4, 0.5) is 0 Å². The first-order valence-electron chi connectivity index (χ1n) is 4.75. The predicted molar refractivity (Wildman–Crippen MR) is 70.8 cm³/mol. The molecule has 0 aliphatic carbocycles. The molecule has 0 saturated heterocycles. The van der Waals surface area contributed by atoms with Gasteiger partial charge in [-0.05, 0) is 46.3 Å². The maximum atomic E-state index is 5.95. The van der Waals surface area contributed by atoms with Crippen molar-refractivity contribution in [3.8, 4) is 5.69 Å². The number of benzene rings is 1. The number of halogens is 2. The molecule has 0 bridgehead atoms. The maximum absolute atomic E-state index is 5.95. The zero-order chi connectivity index (χ0) is 11.7. The summed E-state index contributed by atoms with van der Waals surface area (Å²) in [7, 11) is 0. The van der Waals surface area contributed by atoms with E-state index in [2.05, 4.69) is 26.1 Å². The highest BCUT2D eigenvalue weighted by molar-refractivity contribution is 9.10. The third-order valence-electron chi connectivity index (χ3n) is 2.22. The minimum Gasteiger partial charge on any atom is -0.272 e. The van der Waals surface area contributed by atoms with Gasteiger partial charge in [-0.3, -0.25) is 9.67 Å². The minimum atomic E-state index is 0.589. The summed E-state index contributed by atoms with van der Waals surface area (Å²) in [5, 5.41) is 7.63. The lowest BCUT2D eigenvalue weighted by Crippen LogP contribution is -2.00. The molecule has 0 spiro atoms. The average Bonchev–Trinajstić information content (AvgIpc) is 2.64. The molecule has 1 heterocycles. The van der Waals surface area contributed by atoms with Crippen molar-refractivity contribution < 1.29 is 0 Å². The van der Waals surface area contributed by atoms with E-state index in [0.717, 1.165) is 22.4 Å². The molecule has 6 heteroatoms. The molecule has 0 fully saturated rings. The number of rotatable bonds is 2. The SMILES string of the molecule is CCc1n[nH]c(=S)n1-c1ccc(Cl)c(Br)c1. The second kappa shape index (κ2) is 4.69. The van der Waals surface area contributed by atoms with Crippen LogP contribution in [-0.4, -0.2) is 14.8 Å². The van der Waals surface area contributed by atoms with Crippen LogP contribution in [0.25, 0.3) is 5.69 Å². The highest BCUT2D eigenvalue weighted by Crippen LogP contribution is 2.25. The van der Waals surface area contributed by atoms with Gasteiger partial charge in [-0.25, -0.2) is 0 Å². The summed E-state index contributed by atoms with van der Waals surface area (Å²) in [4.78, 5) is 0.